The van der Waals surface area contributed by atoms with Crippen molar-refractivity contribution in [1.82, 2.24) is 0 Å². The number of aryl methyl sites for hydroxylation is 1. The lowest BCUT2D eigenvalue weighted by atomic mass is 9.88. The molecule has 1 atom stereocenters. The highest BCUT2D eigenvalue weighted by atomic mass is 79.9. The van der Waals surface area contributed by atoms with Gasteiger partial charge in [0.15, 0.2) is 0 Å². The molecular formula is C20H15Br. The average molecular weight is 335 g/mol. The van der Waals surface area contributed by atoms with Gasteiger partial charge in [-0.05, 0) is 52.1 Å². The zero-order chi connectivity index (χ0) is 14.4. The van der Waals surface area contributed by atoms with Crippen LogP contribution >= 0.6 is 15.9 Å². The zero-order valence-corrected chi connectivity index (χ0v) is 13.4. The summed E-state index contributed by atoms with van der Waals surface area (Å²) in [6.45, 7) is 2.18. The van der Waals surface area contributed by atoms with Crippen molar-refractivity contribution >= 4 is 32.8 Å². The average Bonchev–Trinajstić information content (AvgIpc) is 2.92. The first-order valence-corrected chi connectivity index (χ1v) is 7.99. The van der Waals surface area contributed by atoms with Gasteiger partial charge in [-0.25, -0.2) is 0 Å². The molecule has 0 radical (unpaired) electrons. The van der Waals surface area contributed by atoms with Gasteiger partial charge in [0.05, 0.1) is 0 Å². The van der Waals surface area contributed by atoms with Crippen molar-refractivity contribution in [3.05, 3.63) is 87.4 Å². The Bertz CT molecular complexity index is 874. The molecule has 3 aromatic rings. The van der Waals surface area contributed by atoms with E-state index in [1.165, 1.54) is 33.0 Å². The van der Waals surface area contributed by atoms with Crippen LogP contribution in [-0.4, -0.2) is 0 Å². The van der Waals surface area contributed by atoms with Crippen LogP contribution in [0.15, 0.2) is 65.1 Å². The summed E-state index contributed by atoms with van der Waals surface area (Å²) in [5, 5.41) is 2.68. The van der Waals surface area contributed by atoms with Gasteiger partial charge in [0.2, 0.25) is 0 Å². The van der Waals surface area contributed by atoms with Crippen LogP contribution in [0.4, 0.5) is 0 Å². The number of halogens is 1. The minimum absolute atomic E-state index is 0.366. The normalized spacial score (nSPS) is 16.4. The van der Waals surface area contributed by atoms with E-state index in [0.717, 1.165) is 4.47 Å². The summed E-state index contributed by atoms with van der Waals surface area (Å²) in [7, 11) is 0. The van der Waals surface area contributed by atoms with Gasteiger partial charge in [0.1, 0.15) is 0 Å². The summed E-state index contributed by atoms with van der Waals surface area (Å²) < 4.78 is 1.14. The molecule has 1 aliphatic rings. The van der Waals surface area contributed by atoms with Gasteiger partial charge >= 0.3 is 0 Å². The minimum atomic E-state index is 0.366. The first-order valence-electron chi connectivity index (χ1n) is 7.20. The third kappa shape index (κ3) is 2.04. The monoisotopic (exact) mass is 334 g/mol. The highest BCUT2D eigenvalue weighted by molar-refractivity contribution is 9.10. The fourth-order valence-corrected chi connectivity index (χ4v) is 3.64. The predicted molar refractivity (Wildman–Crippen MR) is 93.7 cm³/mol. The van der Waals surface area contributed by atoms with Crippen LogP contribution in [0.5, 0.6) is 0 Å². The van der Waals surface area contributed by atoms with E-state index in [-0.39, 0.29) is 0 Å². The Balaban J connectivity index is 1.97. The third-order valence-corrected chi connectivity index (χ3v) is 4.86. The van der Waals surface area contributed by atoms with Gasteiger partial charge < -0.3 is 0 Å². The topological polar surface area (TPSA) is 0 Å². The maximum atomic E-state index is 3.59. The van der Waals surface area contributed by atoms with Crippen LogP contribution < -0.4 is 0 Å². The molecule has 3 aromatic carbocycles. The minimum Gasteiger partial charge on any atom is -0.0720 e. The molecule has 1 aliphatic carbocycles. The van der Waals surface area contributed by atoms with Crippen molar-refractivity contribution in [3.8, 4) is 0 Å². The smallest absolute Gasteiger partial charge is 0.0284 e. The van der Waals surface area contributed by atoms with E-state index in [1.807, 2.05) is 0 Å². The molecule has 0 N–H and O–H groups in total. The van der Waals surface area contributed by atoms with Crippen molar-refractivity contribution in [2.45, 2.75) is 12.8 Å². The number of hydrogen-bond donors (Lipinski definition) is 0. The fourth-order valence-electron chi connectivity index (χ4n) is 3.28. The molecule has 102 valence electrons. The molecule has 1 heteroatoms. The SMILES string of the molecule is Cc1ccc(C2C=Cc3ccccc32)c2ccc(Br)cc12. The standard InChI is InChI=1S/C20H15Br/c1-13-6-9-18(19-11-8-15(21)12-20(13)19)17-10-7-14-4-2-3-5-16(14)17/h2-12,17H,1H3. The maximum Gasteiger partial charge on any atom is 0.0284 e. The Labute approximate surface area is 133 Å². The van der Waals surface area contributed by atoms with Gasteiger partial charge in [-0.1, -0.05) is 70.5 Å². The van der Waals surface area contributed by atoms with E-state index >= 15 is 0 Å². The van der Waals surface area contributed by atoms with E-state index in [4.69, 9.17) is 0 Å². The Morgan fingerprint density at radius 2 is 1.71 bits per heavy atom. The second kappa shape index (κ2) is 4.85. The van der Waals surface area contributed by atoms with Crippen molar-refractivity contribution in [2.24, 2.45) is 0 Å². The second-order valence-corrected chi connectivity index (χ2v) is 6.54. The molecule has 0 nitrogen and oxygen atoms in total. The van der Waals surface area contributed by atoms with E-state index < -0.39 is 0 Å². The van der Waals surface area contributed by atoms with E-state index in [9.17, 15) is 0 Å². The molecule has 0 aromatic heterocycles. The van der Waals surface area contributed by atoms with Gasteiger partial charge in [-0.2, -0.15) is 0 Å². The number of fused-ring (bicyclic) bond motifs is 2. The molecule has 0 saturated heterocycles. The van der Waals surface area contributed by atoms with Crippen LogP contribution in [0.2, 0.25) is 0 Å². The molecule has 4 rings (SSSR count). The molecule has 21 heavy (non-hydrogen) atoms. The molecular weight excluding hydrogens is 320 g/mol. The molecule has 0 aliphatic heterocycles. The first kappa shape index (κ1) is 12.8. The summed E-state index contributed by atoms with van der Waals surface area (Å²) in [6.07, 6.45) is 4.56. The third-order valence-electron chi connectivity index (χ3n) is 4.36. The van der Waals surface area contributed by atoms with Crippen molar-refractivity contribution in [1.29, 1.82) is 0 Å². The Morgan fingerprint density at radius 3 is 2.62 bits per heavy atom. The van der Waals surface area contributed by atoms with Crippen LogP contribution in [0.3, 0.4) is 0 Å². The van der Waals surface area contributed by atoms with Crippen molar-refractivity contribution < 1.29 is 0 Å². The lowest BCUT2D eigenvalue weighted by Crippen LogP contribution is -1.97. The quantitative estimate of drug-likeness (QED) is 0.506. The fraction of sp³-hybridized carbons (Fsp3) is 0.100. The molecule has 0 fully saturated rings. The van der Waals surface area contributed by atoms with Crippen LogP contribution in [0.25, 0.3) is 16.8 Å². The first-order chi connectivity index (χ1) is 10.2. The van der Waals surface area contributed by atoms with Gasteiger partial charge in [0, 0.05) is 10.4 Å². The van der Waals surface area contributed by atoms with Crippen LogP contribution in [0.1, 0.15) is 28.2 Å². The predicted octanol–water partition coefficient (Wildman–Crippen LogP) is 6.07. The highest BCUT2D eigenvalue weighted by Crippen LogP contribution is 2.39. The van der Waals surface area contributed by atoms with Gasteiger partial charge in [-0.3, -0.25) is 0 Å². The second-order valence-electron chi connectivity index (χ2n) is 5.63. The summed E-state index contributed by atoms with van der Waals surface area (Å²) in [4.78, 5) is 0. The van der Waals surface area contributed by atoms with E-state index in [2.05, 4.69) is 89.6 Å². The summed E-state index contributed by atoms with van der Waals surface area (Å²) >= 11 is 3.59. The molecule has 0 spiro atoms. The maximum absolute atomic E-state index is 3.59. The number of hydrogen-bond acceptors (Lipinski definition) is 0. The number of allylic oxidation sites excluding steroid dienone is 1. The van der Waals surface area contributed by atoms with Crippen LogP contribution in [-0.2, 0) is 0 Å². The molecule has 1 unspecified atom stereocenters. The molecule has 0 heterocycles. The number of rotatable bonds is 1. The Morgan fingerprint density at radius 1 is 0.857 bits per heavy atom. The largest absolute Gasteiger partial charge is 0.0720 e. The molecule has 0 amide bonds. The Hall–Kier alpha value is -1.86. The highest BCUT2D eigenvalue weighted by Gasteiger charge is 2.20. The van der Waals surface area contributed by atoms with E-state index in [0.29, 0.717) is 5.92 Å². The van der Waals surface area contributed by atoms with Crippen LogP contribution in [0, 0.1) is 6.92 Å². The number of benzene rings is 3. The molecule has 0 bridgehead atoms. The summed E-state index contributed by atoms with van der Waals surface area (Å²) in [5.74, 6) is 0.366. The Kier molecular flexibility index (Phi) is 2.97. The van der Waals surface area contributed by atoms with Gasteiger partial charge in [0.25, 0.3) is 0 Å². The summed E-state index contributed by atoms with van der Waals surface area (Å²) in [6, 6.07) is 19.8. The van der Waals surface area contributed by atoms with Gasteiger partial charge in [-0.15, -0.1) is 0 Å². The molecule has 0 saturated carbocycles. The zero-order valence-electron chi connectivity index (χ0n) is 11.8. The lowest BCUT2D eigenvalue weighted by molar-refractivity contribution is 1.06. The lowest BCUT2D eigenvalue weighted by Gasteiger charge is -2.16. The van der Waals surface area contributed by atoms with Crippen molar-refractivity contribution in [2.75, 3.05) is 0 Å². The van der Waals surface area contributed by atoms with Crippen molar-refractivity contribution in [3.63, 3.8) is 0 Å². The van der Waals surface area contributed by atoms with E-state index in [1.54, 1.807) is 0 Å². The summed E-state index contributed by atoms with van der Waals surface area (Å²) in [5.41, 5.74) is 5.47.